The first-order chi connectivity index (χ1) is 24.1. The van der Waals surface area contributed by atoms with Gasteiger partial charge in [0.05, 0.1) is 16.9 Å². The molecule has 2 amide bonds. The van der Waals surface area contributed by atoms with Crippen molar-refractivity contribution in [1.29, 1.82) is 0 Å². The lowest BCUT2D eigenvalue weighted by Crippen LogP contribution is -2.49. The number of anilines is 1. The maximum atomic E-state index is 15.1. The first-order valence-electron chi connectivity index (χ1n) is 16.8. The molecule has 0 aliphatic carbocycles. The molecule has 5 aromatic rings. The van der Waals surface area contributed by atoms with Gasteiger partial charge in [-0.1, -0.05) is 30.3 Å². The van der Waals surface area contributed by atoms with Gasteiger partial charge >= 0.3 is 6.09 Å². The number of hydrogen-bond acceptors (Lipinski definition) is 7. The first kappa shape index (κ1) is 35.6. The largest absolute Gasteiger partial charge is 0.444 e. The van der Waals surface area contributed by atoms with E-state index in [1.165, 1.54) is 44.4 Å². The van der Waals surface area contributed by atoms with Gasteiger partial charge in [0.1, 0.15) is 29.2 Å². The molecule has 266 valence electrons. The number of piperazine rings is 1. The molecule has 2 aromatic heterocycles. The fourth-order valence-electron chi connectivity index (χ4n) is 6.10. The van der Waals surface area contributed by atoms with E-state index >= 15 is 4.39 Å². The number of nitrogens with one attached hydrogen (secondary N) is 2. The van der Waals surface area contributed by atoms with Crippen molar-refractivity contribution >= 4 is 28.7 Å². The number of carbonyl (C=O) groups excluding carboxylic acids is 2. The average Bonchev–Trinajstić information content (AvgIpc) is 3.50. The van der Waals surface area contributed by atoms with E-state index in [1.807, 2.05) is 39.0 Å². The molecule has 12 heteroatoms. The van der Waals surface area contributed by atoms with E-state index < -0.39 is 28.7 Å². The van der Waals surface area contributed by atoms with Gasteiger partial charge in [0.15, 0.2) is 0 Å². The highest BCUT2D eigenvalue weighted by molar-refractivity contribution is 6.06. The number of ether oxygens (including phenoxy) is 1. The van der Waals surface area contributed by atoms with E-state index in [4.69, 9.17) is 4.74 Å². The van der Waals surface area contributed by atoms with E-state index in [9.17, 15) is 19.1 Å². The van der Waals surface area contributed by atoms with E-state index in [0.717, 1.165) is 42.5 Å². The van der Waals surface area contributed by atoms with Crippen LogP contribution in [0.2, 0.25) is 0 Å². The number of aliphatic hydroxyl groups is 1. The zero-order valence-corrected chi connectivity index (χ0v) is 29.6. The number of fused-ring (bicyclic) bond motifs is 1. The fourth-order valence-corrected chi connectivity index (χ4v) is 6.10. The van der Waals surface area contributed by atoms with E-state index in [-0.39, 0.29) is 17.3 Å². The van der Waals surface area contributed by atoms with Crippen molar-refractivity contribution in [3.8, 4) is 22.5 Å². The monoisotopic (exact) mass is 696 g/mol. The van der Waals surface area contributed by atoms with Crippen molar-refractivity contribution in [2.75, 3.05) is 31.5 Å². The lowest BCUT2D eigenvalue weighted by molar-refractivity contribution is 0.0139. The molecule has 0 spiro atoms. The van der Waals surface area contributed by atoms with Crippen LogP contribution in [0.3, 0.4) is 0 Å². The van der Waals surface area contributed by atoms with Gasteiger partial charge < -0.3 is 25.0 Å². The zero-order chi connectivity index (χ0) is 36.7. The average molecular weight is 697 g/mol. The summed E-state index contributed by atoms with van der Waals surface area (Å²) < 4.78 is 35.5. The number of aromatic nitrogens is 3. The normalized spacial score (nSPS) is 14.2. The van der Waals surface area contributed by atoms with Gasteiger partial charge in [-0.3, -0.25) is 9.69 Å². The van der Waals surface area contributed by atoms with Crippen LogP contribution in [0.1, 0.15) is 61.7 Å². The fraction of sp³-hybridized carbons (Fsp3) is 0.333. The quantitative estimate of drug-likeness (QED) is 0.162. The third kappa shape index (κ3) is 8.08. The summed E-state index contributed by atoms with van der Waals surface area (Å²) in [6.07, 6.45) is 1.12. The zero-order valence-electron chi connectivity index (χ0n) is 29.6. The molecule has 0 bridgehead atoms. The maximum absolute atomic E-state index is 15.1. The SMILES string of the molecule is Cc1c(NC(=O)c2ccc(C(C)(C)O)cc2F)cc(F)cc1-c1ncnc2[nH]c(-c3ccc(CN4CCN(C(=O)OC(C)(C)C)CC4)cc3)cc12. The highest BCUT2D eigenvalue weighted by atomic mass is 19.1. The Morgan fingerprint density at radius 1 is 0.941 bits per heavy atom. The number of halogens is 2. The second kappa shape index (κ2) is 13.8. The topological polar surface area (TPSA) is 124 Å². The highest BCUT2D eigenvalue weighted by Crippen LogP contribution is 2.35. The predicted molar refractivity (Wildman–Crippen MR) is 192 cm³/mol. The van der Waals surface area contributed by atoms with Crippen molar-refractivity contribution in [3.05, 3.63) is 101 Å². The molecule has 1 aliphatic rings. The van der Waals surface area contributed by atoms with Gasteiger partial charge in [0.25, 0.3) is 5.91 Å². The number of amides is 2. The standard InChI is InChI=1S/C39H42F2N6O4/c1-23-29(18-27(40)19-32(23)45-36(48)28-12-11-26(17-31(28)41)39(5,6)50)34-30-20-33(44-35(30)43-22-42-34)25-9-7-24(8-10-25)21-46-13-15-47(16-14-46)37(49)51-38(2,3)4/h7-12,17-20,22,50H,13-16,21H2,1-6H3,(H,45,48)(H,42,43,44). The Labute approximate surface area is 295 Å². The van der Waals surface area contributed by atoms with Crippen molar-refractivity contribution in [3.63, 3.8) is 0 Å². The minimum Gasteiger partial charge on any atom is -0.444 e. The summed E-state index contributed by atoms with van der Waals surface area (Å²) in [6, 6.07) is 16.5. The molecule has 51 heavy (non-hydrogen) atoms. The summed E-state index contributed by atoms with van der Waals surface area (Å²) in [5.74, 6) is -2.16. The van der Waals surface area contributed by atoms with Crippen LogP contribution in [0.25, 0.3) is 33.5 Å². The second-order valence-electron chi connectivity index (χ2n) is 14.4. The summed E-state index contributed by atoms with van der Waals surface area (Å²) in [7, 11) is 0. The number of H-pyrrole nitrogens is 1. The van der Waals surface area contributed by atoms with Crippen LogP contribution in [-0.2, 0) is 16.9 Å². The van der Waals surface area contributed by atoms with Gasteiger partial charge in [0.2, 0.25) is 0 Å². The number of carbonyl (C=O) groups is 2. The van der Waals surface area contributed by atoms with Crippen molar-refractivity contribution in [2.45, 2.75) is 59.3 Å². The smallest absolute Gasteiger partial charge is 0.410 e. The minimum absolute atomic E-state index is 0.172. The third-order valence-corrected chi connectivity index (χ3v) is 8.92. The molecule has 0 radical (unpaired) electrons. The van der Waals surface area contributed by atoms with Crippen LogP contribution in [0.5, 0.6) is 0 Å². The molecular formula is C39H42F2N6O4. The Morgan fingerprint density at radius 2 is 1.65 bits per heavy atom. The van der Waals surface area contributed by atoms with Crippen LogP contribution in [0, 0.1) is 18.6 Å². The van der Waals surface area contributed by atoms with Crippen LogP contribution in [0.15, 0.2) is 67.0 Å². The molecule has 0 unspecified atom stereocenters. The lowest BCUT2D eigenvalue weighted by Gasteiger charge is -2.35. The van der Waals surface area contributed by atoms with Gasteiger partial charge in [0, 0.05) is 55.1 Å². The molecule has 1 saturated heterocycles. The lowest BCUT2D eigenvalue weighted by atomic mass is 9.96. The van der Waals surface area contributed by atoms with E-state index in [1.54, 1.807) is 11.8 Å². The molecule has 3 N–H and O–H groups in total. The predicted octanol–water partition coefficient (Wildman–Crippen LogP) is 7.41. The Kier molecular flexibility index (Phi) is 9.67. The summed E-state index contributed by atoms with van der Waals surface area (Å²) in [4.78, 5) is 41.8. The van der Waals surface area contributed by atoms with Crippen LogP contribution < -0.4 is 5.32 Å². The Morgan fingerprint density at radius 3 is 2.29 bits per heavy atom. The van der Waals surface area contributed by atoms with Crippen LogP contribution >= 0.6 is 0 Å². The molecule has 10 nitrogen and oxygen atoms in total. The maximum Gasteiger partial charge on any atom is 0.410 e. The van der Waals surface area contributed by atoms with Gasteiger partial charge in [-0.05, 0) is 94.1 Å². The summed E-state index contributed by atoms with van der Waals surface area (Å²) in [5, 5.41) is 13.5. The number of rotatable bonds is 7. The van der Waals surface area contributed by atoms with Gasteiger partial charge in [-0.2, -0.15) is 0 Å². The molecule has 1 fully saturated rings. The third-order valence-electron chi connectivity index (χ3n) is 8.92. The van der Waals surface area contributed by atoms with Crippen molar-refractivity contribution in [1.82, 2.24) is 24.8 Å². The summed E-state index contributed by atoms with van der Waals surface area (Å²) >= 11 is 0. The van der Waals surface area contributed by atoms with Crippen molar-refractivity contribution < 1.29 is 28.2 Å². The number of nitrogens with zero attached hydrogens (tertiary/aromatic N) is 4. The molecule has 0 atom stereocenters. The molecule has 1 aliphatic heterocycles. The molecule has 3 heterocycles. The Bertz CT molecular complexity index is 2090. The summed E-state index contributed by atoms with van der Waals surface area (Å²) in [6.45, 7) is 13.9. The Hall–Kier alpha value is -5.20. The van der Waals surface area contributed by atoms with Crippen molar-refractivity contribution in [2.24, 2.45) is 0 Å². The molecule has 3 aromatic carbocycles. The molecule has 6 rings (SSSR count). The minimum atomic E-state index is -1.28. The van der Waals surface area contributed by atoms with E-state index in [2.05, 4.69) is 37.3 Å². The first-order valence-corrected chi connectivity index (χ1v) is 16.8. The molecular weight excluding hydrogens is 654 g/mol. The number of hydrogen-bond donors (Lipinski definition) is 3. The highest BCUT2D eigenvalue weighted by Gasteiger charge is 2.26. The Balaban J connectivity index is 1.18. The van der Waals surface area contributed by atoms with Gasteiger partial charge in [-0.15, -0.1) is 0 Å². The van der Waals surface area contributed by atoms with Crippen LogP contribution in [0.4, 0.5) is 19.3 Å². The van der Waals surface area contributed by atoms with Gasteiger partial charge in [-0.25, -0.2) is 23.5 Å². The van der Waals surface area contributed by atoms with Crippen LogP contribution in [-0.4, -0.2) is 73.6 Å². The van der Waals surface area contributed by atoms with E-state index in [0.29, 0.717) is 46.5 Å². The number of benzene rings is 3. The number of aromatic amines is 1. The molecule has 0 saturated carbocycles. The summed E-state index contributed by atoms with van der Waals surface area (Å²) in [5.41, 5.74) is 3.34. The second-order valence-corrected chi connectivity index (χ2v) is 14.4.